The summed E-state index contributed by atoms with van der Waals surface area (Å²) in [4.78, 5) is 71.4. The number of carbonyl (C=O) groups is 5. The minimum Gasteiger partial charge on any atom is -0.444 e. The average molecular weight is 782 g/mol. The van der Waals surface area contributed by atoms with Crippen molar-refractivity contribution in [3.8, 4) is 0 Å². The van der Waals surface area contributed by atoms with Crippen molar-refractivity contribution in [2.24, 2.45) is 5.92 Å². The molecule has 6 rings (SSSR count). The molecule has 16 heteroatoms. The van der Waals surface area contributed by atoms with Gasteiger partial charge in [0.25, 0.3) is 0 Å². The number of ether oxygens (including phenoxy) is 2. The summed E-state index contributed by atoms with van der Waals surface area (Å²) in [5.74, 6) is -2.89. The summed E-state index contributed by atoms with van der Waals surface area (Å²) >= 11 is 12.7. The number of fused-ring (bicyclic) bond motifs is 3. The SMILES string of the molecule is CC(C)(C)OC(=O)N[C@H]1CCCCC/C=C\[C@@H]2C[C@@]2(C(=O)CS(=O)(=O)C2CC2)NC(=O)[C@@H]2C[C@@H](OC(=O)N3Cc4c(Cl)ccc(Cl)c4C3)CN2C1=O. The average Bonchev–Trinajstić information content (AvgIpc) is 3.94. The Morgan fingerprint density at radius 2 is 1.69 bits per heavy atom. The highest BCUT2D eigenvalue weighted by molar-refractivity contribution is 7.93. The summed E-state index contributed by atoms with van der Waals surface area (Å²) in [6.45, 7) is 5.29. The second-order valence-electron chi connectivity index (χ2n) is 15.6. The molecule has 5 aliphatic rings. The van der Waals surface area contributed by atoms with Gasteiger partial charge in [-0.15, -0.1) is 0 Å². The van der Waals surface area contributed by atoms with E-state index in [0.717, 1.165) is 12.8 Å². The van der Waals surface area contributed by atoms with Crippen LogP contribution in [-0.2, 0) is 46.8 Å². The van der Waals surface area contributed by atoms with E-state index < -0.39 is 85.9 Å². The van der Waals surface area contributed by atoms with Gasteiger partial charge in [-0.1, -0.05) is 48.2 Å². The molecule has 0 aromatic heterocycles. The fourth-order valence-electron chi connectivity index (χ4n) is 7.31. The Balaban J connectivity index is 1.25. The van der Waals surface area contributed by atoms with Crippen molar-refractivity contribution in [3.63, 3.8) is 0 Å². The fraction of sp³-hybridized carbons (Fsp3) is 0.639. The van der Waals surface area contributed by atoms with E-state index in [1.165, 1.54) is 9.80 Å². The van der Waals surface area contributed by atoms with E-state index >= 15 is 0 Å². The van der Waals surface area contributed by atoms with Crippen LogP contribution in [0.3, 0.4) is 0 Å². The first kappa shape index (κ1) is 38.4. The number of halogens is 2. The van der Waals surface area contributed by atoms with Crippen LogP contribution in [0, 0.1) is 5.92 Å². The lowest BCUT2D eigenvalue weighted by molar-refractivity contribution is -0.141. The molecule has 4 amide bonds. The fourth-order valence-corrected chi connectivity index (χ4v) is 9.49. The lowest BCUT2D eigenvalue weighted by Crippen LogP contribution is -2.57. The Bertz CT molecular complexity index is 1750. The van der Waals surface area contributed by atoms with Crippen LogP contribution in [0.25, 0.3) is 0 Å². The van der Waals surface area contributed by atoms with E-state index in [1.54, 1.807) is 32.9 Å². The summed E-state index contributed by atoms with van der Waals surface area (Å²) < 4.78 is 37.1. The van der Waals surface area contributed by atoms with Crippen LogP contribution in [0.4, 0.5) is 9.59 Å². The summed E-state index contributed by atoms with van der Waals surface area (Å²) in [5.41, 5.74) is -0.842. The third-order valence-electron chi connectivity index (χ3n) is 10.3. The zero-order valence-corrected chi connectivity index (χ0v) is 31.9. The number of nitrogens with one attached hydrogen (secondary N) is 2. The van der Waals surface area contributed by atoms with Gasteiger partial charge in [0.1, 0.15) is 35.1 Å². The first-order valence-corrected chi connectivity index (χ1v) is 20.4. The molecular formula is C36H46Cl2N4O9S. The van der Waals surface area contributed by atoms with Gasteiger partial charge < -0.3 is 25.0 Å². The topological polar surface area (TPSA) is 168 Å². The van der Waals surface area contributed by atoms with E-state index in [1.807, 2.05) is 12.2 Å². The number of allylic oxidation sites excluding steroid dienone is 1. The number of sulfone groups is 1. The van der Waals surface area contributed by atoms with E-state index in [2.05, 4.69) is 10.6 Å². The molecule has 1 saturated heterocycles. The normalized spacial score (nSPS) is 28.7. The van der Waals surface area contributed by atoms with Crippen LogP contribution >= 0.6 is 23.2 Å². The molecule has 0 radical (unpaired) electrons. The molecule has 5 atom stereocenters. The number of benzene rings is 1. The molecule has 2 aliphatic carbocycles. The van der Waals surface area contributed by atoms with E-state index in [-0.39, 0.29) is 38.9 Å². The number of alkyl carbamates (subject to hydrolysis) is 1. The summed E-state index contributed by atoms with van der Waals surface area (Å²) in [5, 5.41) is 5.94. The Kier molecular flexibility index (Phi) is 10.9. The van der Waals surface area contributed by atoms with Crippen molar-refractivity contribution < 1.29 is 41.9 Å². The second-order valence-corrected chi connectivity index (χ2v) is 18.7. The highest BCUT2D eigenvalue weighted by Crippen LogP contribution is 2.47. The van der Waals surface area contributed by atoms with Gasteiger partial charge in [-0.3, -0.25) is 19.3 Å². The Hall–Kier alpha value is -3.36. The molecule has 2 saturated carbocycles. The molecule has 0 unspecified atom stereocenters. The highest BCUT2D eigenvalue weighted by Gasteiger charge is 2.61. The second kappa shape index (κ2) is 14.8. The molecule has 1 aromatic rings. The van der Waals surface area contributed by atoms with Gasteiger partial charge in [0.05, 0.1) is 24.9 Å². The van der Waals surface area contributed by atoms with Crippen LogP contribution in [0.5, 0.6) is 0 Å². The quantitative estimate of drug-likeness (QED) is 0.384. The molecule has 3 fully saturated rings. The Labute approximate surface area is 314 Å². The molecule has 3 aliphatic heterocycles. The molecule has 13 nitrogen and oxygen atoms in total. The molecule has 284 valence electrons. The van der Waals surface area contributed by atoms with Gasteiger partial charge in [-0.25, -0.2) is 18.0 Å². The van der Waals surface area contributed by atoms with Crippen LogP contribution < -0.4 is 10.6 Å². The molecule has 1 aromatic carbocycles. The highest BCUT2D eigenvalue weighted by atomic mass is 35.5. The standard InChI is InChI=1S/C36H46Cl2N4O9S/c1-35(2,3)51-33(46)39-28-10-8-6-4-5-7-9-21-16-36(21,30(43)20-52(48,49)23-11-12-23)40-31(44)29-15-22(17-42(29)32(28)45)50-34(47)41-18-24-25(19-41)27(38)14-13-26(24)37/h7,9,13-14,21-23,28-29H,4-6,8,10-12,15-20H2,1-3H3,(H,39,46)(H,40,44)/b9-7-/t21-,22-,28+,29+,36-/m1/s1. The lowest BCUT2D eigenvalue weighted by atomic mass is 10.0. The number of amides is 4. The third kappa shape index (κ3) is 8.54. The zero-order valence-electron chi connectivity index (χ0n) is 29.6. The van der Waals surface area contributed by atoms with Crippen molar-refractivity contribution in [2.75, 3.05) is 12.3 Å². The number of Topliss-reactive ketones (excluding diaryl/α,β-unsaturated/α-hetero) is 1. The minimum atomic E-state index is -3.66. The van der Waals surface area contributed by atoms with Crippen molar-refractivity contribution in [3.05, 3.63) is 45.5 Å². The monoisotopic (exact) mass is 780 g/mol. The zero-order chi connectivity index (χ0) is 37.6. The van der Waals surface area contributed by atoms with Crippen molar-refractivity contribution >= 4 is 62.8 Å². The van der Waals surface area contributed by atoms with Crippen molar-refractivity contribution in [1.82, 2.24) is 20.4 Å². The maximum absolute atomic E-state index is 14.3. The van der Waals surface area contributed by atoms with Crippen LogP contribution in [-0.4, -0.2) is 94.9 Å². The Morgan fingerprint density at radius 3 is 2.33 bits per heavy atom. The molecule has 52 heavy (non-hydrogen) atoms. The van der Waals surface area contributed by atoms with Gasteiger partial charge in [-0.05, 0) is 82.6 Å². The molecule has 0 spiro atoms. The van der Waals surface area contributed by atoms with Crippen LogP contribution in [0.2, 0.25) is 10.0 Å². The molecular weight excluding hydrogens is 735 g/mol. The van der Waals surface area contributed by atoms with Gasteiger partial charge in [-0.2, -0.15) is 0 Å². The smallest absolute Gasteiger partial charge is 0.410 e. The largest absolute Gasteiger partial charge is 0.444 e. The number of ketones is 1. The third-order valence-corrected chi connectivity index (χ3v) is 13.2. The van der Waals surface area contributed by atoms with E-state index in [4.69, 9.17) is 32.7 Å². The van der Waals surface area contributed by atoms with Crippen LogP contribution in [0.1, 0.15) is 89.7 Å². The number of hydrogen-bond donors (Lipinski definition) is 2. The minimum absolute atomic E-state index is 0.0874. The predicted octanol–water partition coefficient (Wildman–Crippen LogP) is 4.85. The number of nitrogens with zero attached hydrogens (tertiary/aromatic N) is 2. The first-order chi connectivity index (χ1) is 24.5. The van der Waals surface area contributed by atoms with Crippen molar-refractivity contribution in [1.29, 1.82) is 0 Å². The predicted molar refractivity (Wildman–Crippen MR) is 192 cm³/mol. The van der Waals surface area contributed by atoms with Crippen molar-refractivity contribution in [2.45, 2.75) is 126 Å². The van der Waals surface area contributed by atoms with Crippen LogP contribution in [0.15, 0.2) is 24.3 Å². The van der Waals surface area contributed by atoms with Gasteiger partial charge in [0, 0.05) is 22.4 Å². The molecule has 0 bridgehead atoms. The molecule has 3 heterocycles. The first-order valence-electron chi connectivity index (χ1n) is 17.9. The maximum atomic E-state index is 14.3. The molecule has 2 N–H and O–H groups in total. The number of hydrogen-bond acceptors (Lipinski definition) is 9. The van der Waals surface area contributed by atoms with Gasteiger partial charge >= 0.3 is 12.2 Å². The van der Waals surface area contributed by atoms with Gasteiger partial charge in [0.2, 0.25) is 11.8 Å². The maximum Gasteiger partial charge on any atom is 0.410 e. The number of rotatable bonds is 6. The van der Waals surface area contributed by atoms with Gasteiger partial charge in [0.15, 0.2) is 15.6 Å². The summed E-state index contributed by atoms with van der Waals surface area (Å²) in [6, 6.07) is 1.08. The Morgan fingerprint density at radius 1 is 1.02 bits per heavy atom. The van der Waals surface area contributed by atoms with E-state index in [0.29, 0.717) is 46.9 Å². The number of carbonyl (C=O) groups excluding carboxylic acids is 5. The summed E-state index contributed by atoms with van der Waals surface area (Å²) in [7, 11) is -3.66. The lowest BCUT2D eigenvalue weighted by Gasteiger charge is -2.30. The van der Waals surface area contributed by atoms with E-state index in [9.17, 15) is 32.4 Å². The summed E-state index contributed by atoms with van der Waals surface area (Å²) in [6.07, 6.45) is 5.66.